The number of aryl methyl sites for hydroxylation is 2. The maximum atomic E-state index is 4.32. The third kappa shape index (κ3) is 2.44. The standard InChI is InChI=1S/C7H12IN3/c1-6-4-7(5-10(2)8)9-11(6)3/h4H,5H2,1-3H3. The van der Waals surface area contributed by atoms with Crippen LogP contribution in [0.15, 0.2) is 6.07 Å². The first kappa shape index (κ1) is 8.99. The first-order valence-electron chi connectivity index (χ1n) is 3.46. The molecule has 0 unspecified atom stereocenters. The van der Waals surface area contributed by atoms with Crippen LogP contribution < -0.4 is 0 Å². The summed E-state index contributed by atoms with van der Waals surface area (Å²) in [6.45, 7) is 2.96. The van der Waals surface area contributed by atoms with Crippen LogP contribution in [0.1, 0.15) is 11.4 Å². The Morgan fingerprint density at radius 1 is 1.73 bits per heavy atom. The van der Waals surface area contributed by atoms with E-state index in [-0.39, 0.29) is 0 Å². The molecule has 0 aliphatic carbocycles. The van der Waals surface area contributed by atoms with E-state index in [0.717, 1.165) is 12.2 Å². The van der Waals surface area contributed by atoms with Crippen molar-refractivity contribution in [1.29, 1.82) is 0 Å². The highest BCUT2D eigenvalue weighted by Gasteiger charge is 2.01. The predicted molar refractivity (Wildman–Crippen MR) is 53.4 cm³/mol. The van der Waals surface area contributed by atoms with Gasteiger partial charge in [-0.25, -0.2) is 3.11 Å². The van der Waals surface area contributed by atoms with Crippen LogP contribution >= 0.6 is 22.9 Å². The van der Waals surface area contributed by atoms with Crippen LogP contribution in [-0.4, -0.2) is 19.9 Å². The molecule has 3 nitrogen and oxygen atoms in total. The number of hydrogen-bond acceptors (Lipinski definition) is 2. The van der Waals surface area contributed by atoms with Gasteiger partial charge in [0.1, 0.15) is 0 Å². The lowest BCUT2D eigenvalue weighted by atomic mass is 10.4. The van der Waals surface area contributed by atoms with E-state index < -0.39 is 0 Å². The molecule has 4 heteroatoms. The molecule has 0 aliphatic heterocycles. The van der Waals surface area contributed by atoms with Crippen LogP contribution in [0.4, 0.5) is 0 Å². The molecule has 0 atom stereocenters. The van der Waals surface area contributed by atoms with E-state index in [0.29, 0.717) is 0 Å². The second kappa shape index (κ2) is 3.53. The topological polar surface area (TPSA) is 21.1 Å². The van der Waals surface area contributed by atoms with Gasteiger partial charge in [0, 0.05) is 35.6 Å². The third-order valence-corrected chi connectivity index (χ3v) is 1.89. The maximum absolute atomic E-state index is 4.32. The molecule has 0 fully saturated rings. The van der Waals surface area contributed by atoms with Crippen molar-refractivity contribution in [2.75, 3.05) is 7.05 Å². The summed E-state index contributed by atoms with van der Waals surface area (Å²) >= 11 is 2.25. The summed E-state index contributed by atoms with van der Waals surface area (Å²) in [4.78, 5) is 0. The van der Waals surface area contributed by atoms with Gasteiger partial charge in [-0.15, -0.1) is 0 Å². The van der Waals surface area contributed by atoms with Gasteiger partial charge in [-0.1, -0.05) is 0 Å². The Morgan fingerprint density at radius 2 is 2.36 bits per heavy atom. The van der Waals surface area contributed by atoms with Crippen molar-refractivity contribution in [3.05, 3.63) is 17.5 Å². The zero-order valence-electron chi connectivity index (χ0n) is 7.00. The van der Waals surface area contributed by atoms with Gasteiger partial charge in [-0.2, -0.15) is 5.10 Å². The SMILES string of the molecule is Cc1cc(CN(C)I)nn1C. The molecular weight excluding hydrogens is 253 g/mol. The van der Waals surface area contributed by atoms with Crippen molar-refractivity contribution in [3.8, 4) is 0 Å². The predicted octanol–water partition coefficient (Wildman–Crippen LogP) is 1.51. The minimum Gasteiger partial charge on any atom is -0.273 e. The van der Waals surface area contributed by atoms with Gasteiger partial charge >= 0.3 is 0 Å². The highest BCUT2D eigenvalue weighted by Crippen LogP contribution is 2.06. The molecule has 0 saturated heterocycles. The molecule has 1 rings (SSSR count). The average Bonchev–Trinajstić information content (AvgIpc) is 2.10. The van der Waals surface area contributed by atoms with Crippen LogP contribution in [-0.2, 0) is 13.6 Å². The largest absolute Gasteiger partial charge is 0.273 e. The summed E-state index contributed by atoms with van der Waals surface area (Å²) < 4.78 is 3.98. The molecule has 1 aromatic heterocycles. The van der Waals surface area contributed by atoms with Crippen molar-refractivity contribution in [2.45, 2.75) is 13.5 Å². The molecule has 0 spiro atoms. The van der Waals surface area contributed by atoms with Crippen LogP contribution in [0.3, 0.4) is 0 Å². The lowest BCUT2D eigenvalue weighted by Crippen LogP contribution is -2.04. The molecule has 0 radical (unpaired) electrons. The minimum absolute atomic E-state index is 0.905. The van der Waals surface area contributed by atoms with Crippen LogP contribution in [0, 0.1) is 6.92 Å². The summed E-state index contributed by atoms with van der Waals surface area (Å²) in [7, 11) is 4.00. The van der Waals surface area contributed by atoms with Crippen LogP contribution in [0.2, 0.25) is 0 Å². The fourth-order valence-corrected chi connectivity index (χ4v) is 1.28. The van der Waals surface area contributed by atoms with Gasteiger partial charge in [0.2, 0.25) is 0 Å². The van der Waals surface area contributed by atoms with E-state index in [9.17, 15) is 0 Å². The zero-order valence-corrected chi connectivity index (χ0v) is 9.16. The van der Waals surface area contributed by atoms with E-state index >= 15 is 0 Å². The number of hydrogen-bond donors (Lipinski definition) is 0. The summed E-state index contributed by atoms with van der Waals surface area (Å²) in [6, 6.07) is 2.11. The van der Waals surface area contributed by atoms with Crippen molar-refractivity contribution < 1.29 is 0 Å². The Bertz CT molecular complexity index is 222. The van der Waals surface area contributed by atoms with Gasteiger partial charge < -0.3 is 0 Å². The molecule has 11 heavy (non-hydrogen) atoms. The van der Waals surface area contributed by atoms with Crippen molar-refractivity contribution in [2.24, 2.45) is 7.05 Å². The highest BCUT2D eigenvalue weighted by molar-refractivity contribution is 14.1. The normalized spacial score (nSPS) is 11.0. The van der Waals surface area contributed by atoms with E-state index in [4.69, 9.17) is 0 Å². The van der Waals surface area contributed by atoms with E-state index in [1.54, 1.807) is 0 Å². The molecule has 1 heterocycles. The number of nitrogens with zero attached hydrogens (tertiary/aromatic N) is 3. The van der Waals surface area contributed by atoms with Gasteiger partial charge in [-0.05, 0) is 20.0 Å². The molecule has 0 N–H and O–H groups in total. The highest BCUT2D eigenvalue weighted by atomic mass is 127. The third-order valence-electron chi connectivity index (χ3n) is 1.54. The average molecular weight is 265 g/mol. The van der Waals surface area contributed by atoms with Crippen LogP contribution in [0.5, 0.6) is 0 Å². The first-order chi connectivity index (χ1) is 5.09. The molecule has 62 valence electrons. The molecule has 0 amide bonds. The van der Waals surface area contributed by atoms with E-state index in [2.05, 4.69) is 44.1 Å². The van der Waals surface area contributed by atoms with Gasteiger partial charge in [0.05, 0.1) is 12.2 Å². The lowest BCUT2D eigenvalue weighted by molar-refractivity contribution is 0.585. The Balaban J connectivity index is 2.73. The molecule has 0 aromatic carbocycles. The number of rotatable bonds is 2. The fourth-order valence-electron chi connectivity index (χ4n) is 0.935. The maximum Gasteiger partial charge on any atom is 0.0775 e. The summed E-state index contributed by atoms with van der Waals surface area (Å²) in [5.41, 5.74) is 2.33. The second-order valence-electron chi connectivity index (χ2n) is 2.66. The summed E-state index contributed by atoms with van der Waals surface area (Å²) in [6.07, 6.45) is 0. The van der Waals surface area contributed by atoms with Crippen molar-refractivity contribution in [1.82, 2.24) is 12.9 Å². The van der Waals surface area contributed by atoms with Crippen LogP contribution in [0.25, 0.3) is 0 Å². The van der Waals surface area contributed by atoms with Gasteiger partial charge in [0.25, 0.3) is 0 Å². The monoisotopic (exact) mass is 265 g/mol. The smallest absolute Gasteiger partial charge is 0.0775 e. The number of halogens is 1. The quantitative estimate of drug-likeness (QED) is 0.597. The van der Waals surface area contributed by atoms with Gasteiger partial charge in [-0.3, -0.25) is 4.68 Å². The van der Waals surface area contributed by atoms with Crippen molar-refractivity contribution >= 4 is 22.9 Å². The molecule has 1 aromatic rings. The molecule has 0 bridgehead atoms. The Kier molecular flexibility index (Phi) is 2.89. The number of aromatic nitrogens is 2. The zero-order chi connectivity index (χ0) is 8.43. The van der Waals surface area contributed by atoms with Gasteiger partial charge in [0.15, 0.2) is 0 Å². The van der Waals surface area contributed by atoms with E-state index in [1.165, 1.54) is 5.69 Å². The van der Waals surface area contributed by atoms with E-state index in [1.807, 2.05) is 18.8 Å². The fraction of sp³-hybridized carbons (Fsp3) is 0.571. The Hall–Kier alpha value is -0.100. The lowest BCUT2D eigenvalue weighted by Gasteiger charge is -2.02. The molecule has 0 aliphatic rings. The molecular formula is C7H12IN3. The summed E-state index contributed by atoms with van der Waals surface area (Å²) in [5.74, 6) is 0. The minimum atomic E-state index is 0.905. The Morgan fingerprint density at radius 3 is 2.73 bits per heavy atom. The van der Waals surface area contributed by atoms with Crippen molar-refractivity contribution in [3.63, 3.8) is 0 Å². The Labute approximate surface area is 80.9 Å². The first-order valence-corrected chi connectivity index (χ1v) is 4.42. The second-order valence-corrected chi connectivity index (χ2v) is 4.31. The summed E-state index contributed by atoms with van der Waals surface area (Å²) in [5, 5.41) is 4.32. The molecule has 0 saturated carbocycles.